The third-order valence-electron chi connectivity index (χ3n) is 6.08. The fourth-order valence-electron chi connectivity index (χ4n) is 4.33. The molecule has 6 heteroatoms. The molecule has 0 aliphatic carbocycles. The molecule has 0 aliphatic heterocycles. The number of ether oxygens (including phenoxy) is 1. The number of pyridine rings is 1. The maximum Gasteiger partial charge on any atom is 0.418 e. The molecule has 0 saturated heterocycles. The molecule has 0 bridgehead atoms. The van der Waals surface area contributed by atoms with E-state index in [2.05, 4.69) is 4.98 Å². The third-order valence-corrected chi connectivity index (χ3v) is 6.08. The lowest BCUT2D eigenvalue weighted by atomic mass is 9.90. The Hall–Kier alpha value is -4.19. The number of fused-ring (bicyclic) bond motifs is 1. The van der Waals surface area contributed by atoms with Crippen molar-refractivity contribution in [3.8, 4) is 28.0 Å². The summed E-state index contributed by atoms with van der Waals surface area (Å²) in [5.74, 6) is 0.219. The van der Waals surface area contributed by atoms with Gasteiger partial charge in [-0.1, -0.05) is 60.7 Å². The van der Waals surface area contributed by atoms with Crippen molar-refractivity contribution in [1.82, 2.24) is 4.98 Å². The Morgan fingerprint density at radius 2 is 1.56 bits per heavy atom. The van der Waals surface area contributed by atoms with Crippen LogP contribution in [0.3, 0.4) is 0 Å². The summed E-state index contributed by atoms with van der Waals surface area (Å²) in [5.41, 5.74) is 3.87. The van der Waals surface area contributed by atoms with Gasteiger partial charge in [0.1, 0.15) is 18.2 Å². The Bertz CT molecular complexity index is 1540. The first-order chi connectivity index (χ1) is 17.3. The lowest BCUT2D eigenvalue weighted by molar-refractivity contribution is -0.136. The lowest BCUT2D eigenvalue weighted by Gasteiger charge is -2.18. The normalized spacial score (nSPS) is 11.6. The molecule has 0 amide bonds. The maximum atomic E-state index is 13.8. The van der Waals surface area contributed by atoms with Gasteiger partial charge in [0.05, 0.1) is 11.1 Å². The quantitative estimate of drug-likeness (QED) is 0.232. The topological polar surface area (TPSA) is 22.1 Å². The van der Waals surface area contributed by atoms with Gasteiger partial charge in [-0.15, -0.1) is 0 Å². The van der Waals surface area contributed by atoms with Crippen LogP contribution in [-0.2, 0) is 12.8 Å². The molecule has 0 aliphatic rings. The molecule has 36 heavy (non-hydrogen) atoms. The predicted molar refractivity (Wildman–Crippen MR) is 133 cm³/mol. The van der Waals surface area contributed by atoms with E-state index in [0.29, 0.717) is 22.3 Å². The zero-order valence-electron chi connectivity index (χ0n) is 19.3. The molecule has 0 radical (unpaired) electrons. The number of rotatable bonds is 5. The van der Waals surface area contributed by atoms with Crippen LogP contribution in [0.5, 0.6) is 5.75 Å². The average Bonchev–Trinajstić information content (AvgIpc) is 2.87. The number of alkyl halides is 3. The Labute approximate surface area is 205 Å². The lowest BCUT2D eigenvalue weighted by Crippen LogP contribution is -2.07. The highest BCUT2D eigenvalue weighted by Crippen LogP contribution is 2.42. The van der Waals surface area contributed by atoms with E-state index in [4.69, 9.17) is 4.74 Å². The van der Waals surface area contributed by atoms with Crippen LogP contribution < -0.4 is 4.74 Å². The number of hydrogen-bond acceptors (Lipinski definition) is 2. The molecule has 180 valence electrons. The number of para-hydroxylation sites is 1. The van der Waals surface area contributed by atoms with Gasteiger partial charge in [0.15, 0.2) is 0 Å². The van der Waals surface area contributed by atoms with Gasteiger partial charge < -0.3 is 4.74 Å². The van der Waals surface area contributed by atoms with Gasteiger partial charge in [0.2, 0.25) is 0 Å². The van der Waals surface area contributed by atoms with Crippen LogP contribution in [0.4, 0.5) is 17.6 Å². The maximum absolute atomic E-state index is 13.8. The first kappa shape index (κ1) is 23.5. The zero-order chi connectivity index (χ0) is 25.3. The summed E-state index contributed by atoms with van der Waals surface area (Å²) in [6.45, 7) is 2.18. The van der Waals surface area contributed by atoms with E-state index < -0.39 is 11.7 Å². The van der Waals surface area contributed by atoms with E-state index in [-0.39, 0.29) is 17.9 Å². The van der Waals surface area contributed by atoms with E-state index in [1.807, 2.05) is 37.3 Å². The molecule has 5 rings (SSSR count). The van der Waals surface area contributed by atoms with Crippen molar-refractivity contribution in [2.75, 3.05) is 0 Å². The molecule has 0 saturated carbocycles. The fourth-order valence-corrected chi connectivity index (χ4v) is 4.33. The molecule has 0 atom stereocenters. The summed E-state index contributed by atoms with van der Waals surface area (Å²) in [5, 5.41) is 0.404. The SMILES string of the molecule is Cc1ccccc1-c1cnc2c(C(F)(F)F)cccc2c1-c1cccc(OCc2ccc(F)cc2)c1. The minimum atomic E-state index is -4.53. The molecule has 0 unspecified atom stereocenters. The number of aromatic nitrogens is 1. The Balaban J connectivity index is 1.66. The minimum absolute atomic E-state index is 0.102. The van der Waals surface area contributed by atoms with Crippen molar-refractivity contribution < 1.29 is 22.3 Å². The molecule has 0 spiro atoms. The molecule has 5 aromatic rings. The minimum Gasteiger partial charge on any atom is -0.489 e. The molecule has 2 nitrogen and oxygen atoms in total. The zero-order valence-corrected chi connectivity index (χ0v) is 19.3. The van der Waals surface area contributed by atoms with Crippen LogP contribution in [0.1, 0.15) is 16.7 Å². The van der Waals surface area contributed by atoms with E-state index in [0.717, 1.165) is 28.3 Å². The average molecular weight is 487 g/mol. The first-order valence-electron chi connectivity index (χ1n) is 11.3. The van der Waals surface area contributed by atoms with Crippen LogP contribution in [0, 0.1) is 12.7 Å². The van der Waals surface area contributed by atoms with Gasteiger partial charge in [-0.2, -0.15) is 13.2 Å². The van der Waals surface area contributed by atoms with Crippen LogP contribution in [0.2, 0.25) is 0 Å². The Morgan fingerprint density at radius 3 is 2.31 bits per heavy atom. The van der Waals surface area contributed by atoms with E-state index in [9.17, 15) is 17.6 Å². The number of benzene rings is 4. The second-order valence-electron chi connectivity index (χ2n) is 8.50. The Kier molecular flexibility index (Phi) is 6.18. The summed E-state index contributed by atoms with van der Waals surface area (Å²) < 4.78 is 60.6. The van der Waals surface area contributed by atoms with Gasteiger partial charge in [0.25, 0.3) is 0 Å². The molecular formula is C30H21F4NO. The van der Waals surface area contributed by atoms with Gasteiger partial charge in [-0.3, -0.25) is 4.98 Å². The summed E-state index contributed by atoms with van der Waals surface area (Å²) in [7, 11) is 0. The van der Waals surface area contributed by atoms with Crippen molar-refractivity contribution in [2.45, 2.75) is 19.7 Å². The van der Waals surface area contributed by atoms with E-state index in [1.54, 1.807) is 36.4 Å². The smallest absolute Gasteiger partial charge is 0.418 e. The fraction of sp³-hybridized carbons (Fsp3) is 0.100. The van der Waals surface area contributed by atoms with Gasteiger partial charge in [0, 0.05) is 22.7 Å². The molecule has 1 aromatic heterocycles. The van der Waals surface area contributed by atoms with Crippen molar-refractivity contribution >= 4 is 10.9 Å². The largest absolute Gasteiger partial charge is 0.489 e. The molecule has 4 aromatic carbocycles. The predicted octanol–water partition coefficient (Wildman–Crippen LogP) is 8.61. The van der Waals surface area contributed by atoms with Gasteiger partial charge >= 0.3 is 6.18 Å². The molecule has 0 N–H and O–H groups in total. The van der Waals surface area contributed by atoms with Crippen LogP contribution in [0.15, 0.2) is 97.2 Å². The second kappa shape index (κ2) is 9.46. The molecule has 1 heterocycles. The number of halogens is 4. The number of nitrogens with zero attached hydrogens (tertiary/aromatic N) is 1. The van der Waals surface area contributed by atoms with E-state index in [1.165, 1.54) is 24.4 Å². The van der Waals surface area contributed by atoms with Crippen LogP contribution >= 0.6 is 0 Å². The van der Waals surface area contributed by atoms with Crippen molar-refractivity contribution in [3.63, 3.8) is 0 Å². The standard InChI is InChI=1S/C30H21F4NO/c1-19-6-2-3-9-24(19)26-17-35-29-25(10-5-11-27(29)30(32,33)34)28(26)21-7-4-8-23(16-21)36-18-20-12-14-22(31)15-13-20/h2-17H,18H2,1H3. The van der Waals surface area contributed by atoms with Crippen molar-refractivity contribution in [1.29, 1.82) is 0 Å². The monoisotopic (exact) mass is 487 g/mol. The van der Waals surface area contributed by atoms with Crippen LogP contribution in [0.25, 0.3) is 33.2 Å². The molecular weight excluding hydrogens is 466 g/mol. The summed E-state index contributed by atoms with van der Waals surface area (Å²) in [6, 6.07) is 25.1. The second-order valence-corrected chi connectivity index (χ2v) is 8.50. The van der Waals surface area contributed by atoms with Gasteiger partial charge in [-0.25, -0.2) is 4.39 Å². The Morgan fingerprint density at radius 1 is 0.806 bits per heavy atom. The van der Waals surface area contributed by atoms with Crippen molar-refractivity contribution in [2.24, 2.45) is 0 Å². The number of hydrogen-bond donors (Lipinski definition) is 0. The summed E-state index contributed by atoms with van der Waals surface area (Å²) in [6.07, 6.45) is -3.02. The van der Waals surface area contributed by atoms with Crippen LogP contribution in [-0.4, -0.2) is 4.98 Å². The highest BCUT2D eigenvalue weighted by atomic mass is 19.4. The van der Waals surface area contributed by atoms with E-state index >= 15 is 0 Å². The molecule has 0 fully saturated rings. The summed E-state index contributed by atoms with van der Waals surface area (Å²) >= 11 is 0. The van der Waals surface area contributed by atoms with Crippen molar-refractivity contribution in [3.05, 3.63) is 120 Å². The highest BCUT2D eigenvalue weighted by molar-refractivity contribution is 6.03. The summed E-state index contributed by atoms with van der Waals surface area (Å²) in [4.78, 5) is 4.27. The van der Waals surface area contributed by atoms with Gasteiger partial charge in [-0.05, 0) is 59.5 Å². The first-order valence-corrected chi connectivity index (χ1v) is 11.3. The third kappa shape index (κ3) is 4.67. The number of aryl methyl sites for hydroxylation is 1. The highest BCUT2D eigenvalue weighted by Gasteiger charge is 2.33.